The number of rotatable bonds is 3. The first-order chi connectivity index (χ1) is 8.35. The van der Waals surface area contributed by atoms with Gasteiger partial charge in [-0.25, -0.2) is 0 Å². The van der Waals surface area contributed by atoms with Crippen molar-refractivity contribution in [1.29, 1.82) is 5.26 Å². The van der Waals surface area contributed by atoms with Crippen LogP contribution in [0.4, 0.5) is 0 Å². The van der Waals surface area contributed by atoms with Gasteiger partial charge < -0.3 is 10.1 Å². The second kappa shape index (κ2) is 5.81. The van der Waals surface area contributed by atoms with E-state index in [1.165, 1.54) is 0 Å². The van der Waals surface area contributed by atoms with E-state index in [0.717, 1.165) is 37.2 Å². The monoisotopic (exact) mass is 230 g/mol. The second-order valence-corrected chi connectivity index (χ2v) is 4.49. The molecule has 0 bridgehead atoms. The maximum Gasteiger partial charge on any atom is 0.0994 e. The first-order valence-corrected chi connectivity index (χ1v) is 6.08. The molecule has 0 saturated carbocycles. The molecule has 1 aliphatic heterocycles. The van der Waals surface area contributed by atoms with Gasteiger partial charge in [0.15, 0.2) is 0 Å². The summed E-state index contributed by atoms with van der Waals surface area (Å²) >= 11 is 0. The molecule has 0 spiro atoms. The average molecular weight is 230 g/mol. The van der Waals surface area contributed by atoms with E-state index in [2.05, 4.69) is 11.4 Å². The van der Waals surface area contributed by atoms with E-state index in [1.54, 1.807) is 0 Å². The van der Waals surface area contributed by atoms with E-state index < -0.39 is 0 Å². The molecule has 2 rings (SSSR count). The minimum Gasteiger partial charge on any atom is -0.381 e. The Hall–Kier alpha value is -1.37. The molecule has 90 valence electrons. The lowest BCUT2D eigenvalue weighted by atomic mass is 9.88. The van der Waals surface area contributed by atoms with E-state index in [-0.39, 0.29) is 0 Å². The van der Waals surface area contributed by atoms with Crippen LogP contribution in [0.3, 0.4) is 0 Å². The molecule has 1 heterocycles. The third-order valence-corrected chi connectivity index (χ3v) is 3.46. The molecular formula is C14H18N2O. The molecule has 1 aromatic rings. The van der Waals surface area contributed by atoms with Crippen molar-refractivity contribution in [3.05, 3.63) is 35.4 Å². The Balaban J connectivity index is 2.11. The Morgan fingerprint density at radius 1 is 1.47 bits per heavy atom. The summed E-state index contributed by atoms with van der Waals surface area (Å²) in [6, 6.07) is 10.6. The van der Waals surface area contributed by atoms with Crippen molar-refractivity contribution in [1.82, 2.24) is 5.32 Å². The van der Waals surface area contributed by atoms with Crippen LogP contribution in [0.2, 0.25) is 0 Å². The van der Waals surface area contributed by atoms with Gasteiger partial charge in [0, 0.05) is 18.6 Å². The lowest BCUT2D eigenvalue weighted by Crippen LogP contribution is -2.42. The zero-order chi connectivity index (χ0) is 12.1. The van der Waals surface area contributed by atoms with Crippen molar-refractivity contribution in [2.24, 2.45) is 5.92 Å². The minimum atomic E-state index is 0.461. The van der Waals surface area contributed by atoms with Gasteiger partial charge in [-0.2, -0.15) is 5.26 Å². The minimum absolute atomic E-state index is 0.461. The highest BCUT2D eigenvalue weighted by Gasteiger charge is 2.25. The first kappa shape index (κ1) is 12.1. The molecule has 1 aromatic carbocycles. The zero-order valence-corrected chi connectivity index (χ0v) is 10.1. The highest BCUT2D eigenvalue weighted by molar-refractivity contribution is 5.37. The summed E-state index contributed by atoms with van der Waals surface area (Å²) < 4.78 is 5.54. The lowest BCUT2D eigenvalue weighted by Gasteiger charge is -2.31. The molecule has 1 saturated heterocycles. The fourth-order valence-corrected chi connectivity index (χ4v) is 2.47. The maximum absolute atomic E-state index is 9.07. The molecule has 17 heavy (non-hydrogen) atoms. The van der Waals surface area contributed by atoms with E-state index in [9.17, 15) is 0 Å². The molecule has 0 aromatic heterocycles. The predicted molar refractivity (Wildman–Crippen MR) is 66.6 cm³/mol. The van der Waals surface area contributed by atoms with Gasteiger partial charge in [0.1, 0.15) is 0 Å². The average Bonchev–Trinajstić information content (AvgIpc) is 2.40. The van der Waals surface area contributed by atoms with Crippen molar-refractivity contribution in [2.75, 3.05) is 20.3 Å². The summed E-state index contributed by atoms with van der Waals surface area (Å²) in [5.41, 5.74) is 1.92. The smallest absolute Gasteiger partial charge is 0.0994 e. The van der Waals surface area contributed by atoms with Crippen molar-refractivity contribution in [3.63, 3.8) is 0 Å². The van der Waals surface area contributed by atoms with Gasteiger partial charge >= 0.3 is 0 Å². The van der Waals surface area contributed by atoms with Gasteiger partial charge in [0.2, 0.25) is 0 Å². The van der Waals surface area contributed by atoms with Crippen LogP contribution in [0.5, 0.6) is 0 Å². The molecule has 3 heteroatoms. The van der Waals surface area contributed by atoms with E-state index in [1.807, 2.05) is 31.3 Å². The Morgan fingerprint density at radius 2 is 2.29 bits per heavy atom. The van der Waals surface area contributed by atoms with Gasteiger partial charge in [-0.05, 0) is 31.5 Å². The van der Waals surface area contributed by atoms with Gasteiger partial charge in [0.05, 0.1) is 18.2 Å². The lowest BCUT2D eigenvalue weighted by molar-refractivity contribution is 0.0342. The molecule has 2 atom stereocenters. The van der Waals surface area contributed by atoms with Crippen LogP contribution in [0.25, 0.3) is 0 Å². The number of hydrogen-bond acceptors (Lipinski definition) is 3. The summed E-state index contributed by atoms with van der Waals surface area (Å²) in [4.78, 5) is 0. The van der Waals surface area contributed by atoms with Gasteiger partial charge in [-0.3, -0.25) is 0 Å². The van der Waals surface area contributed by atoms with Crippen LogP contribution in [0.15, 0.2) is 24.3 Å². The standard InChI is InChI=1S/C14H18N2O/c1-16-14-6-7-17-10-13(14)8-11-4-2-3-5-12(11)9-15/h2-5,13-14,16H,6-8,10H2,1H3/t13-,14+/m1/s1. The molecule has 3 nitrogen and oxygen atoms in total. The summed E-state index contributed by atoms with van der Waals surface area (Å²) in [6.45, 7) is 1.62. The molecule has 0 amide bonds. The van der Waals surface area contributed by atoms with E-state index in [0.29, 0.717) is 12.0 Å². The third-order valence-electron chi connectivity index (χ3n) is 3.46. The van der Waals surface area contributed by atoms with Gasteiger partial charge in [-0.15, -0.1) is 0 Å². The van der Waals surface area contributed by atoms with Crippen LogP contribution in [-0.2, 0) is 11.2 Å². The van der Waals surface area contributed by atoms with E-state index in [4.69, 9.17) is 10.00 Å². The Bertz CT molecular complexity index is 411. The zero-order valence-electron chi connectivity index (χ0n) is 10.1. The maximum atomic E-state index is 9.07. The van der Waals surface area contributed by atoms with Crippen molar-refractivity contribution in [3.8, 4) is 6.07 Å². The summed E-state index contributed by atoms with van der Waals surface area (Å²) in [7, 11) is 2.00. The summed E-state index contributed by atoms with van der Waals surface area (Å²) in [5.74, 6) is 0.461. The van der Waals surface area contributed by atoms with Gasteiger partial charge in [0.25, 0.3) is 0 Å². The number of nitriles is 1. The van der Waals surface area contributed by atoms with Gasteiger partial charge in [-0.1, -0.05) is 18.2 Å². The van der Waals surface area contributed by atoms with Crippen LogP contribution in [-0.4, -0.2) is 26.3 Å². The third kappa shape index (κ3) is 2.85. The van der Waals surface area contributed by atoms with Crippen molar-refractivity contribution < 1.29 is 4.74 Å². The Morgan fingerprint density at radius 3 is 3.06 bits per heavy atom. The van der Waals surface area contributed by atoms with Crippen LogP contribution < -0.4 is 5.32 Å². The highest BCUT2D eigenvalue weighted by atomic mass is 16.5. The van der Waals surface area contributed by atoms with Crippen molar-refractivity contribution in [2.45, 2.75) is 18.9 Å². The fourth-order valence-electron chi connectivity index (χ4n) is 2.47. The normalized spacial score (nSPS) is 24.2. The van der Waals surface area contributed by atoms with Crippen LogP contribution in [0.1, 0.15) is 17.5 Å². The Kier molecular flexibility index (Phi) is 4.13. The second-order valence-electron chi connectivity index (χ2n) is 4.49. The number of nitrogens with zero attached hydrogens (tertiary/aromatic N) is 1. The fraction of sp³-hybridized carbons (Fsp3) is 0.500. The largest absolute Gasteiger partial charge is 0.381 e. The molecule has 1 aliphatic rings. The number of benzene rings is 1. The summed E-state index contributed by atoms with van der Waals surface area (Å²) in [6.07, 6.45) is 1.96. The quantitative estimate of drug-likeness (QED) is 0.860. The highest BCUT2D eigenvalue weighted by Crippen LogP contribution is 2.21. The Labute approximate surface area is 102 Å². The molecule has 1 fully saturated rings. The van der Waals surface area contributed by atoms with Crippen molar-refractivity contribution >= 4 is 0 Å². The van der Waals surface area contributed by atoms with E-state index >= 15 is 0 Å². The number of hydrogen-bond donors (Lipinski definition) is 1. The number of ether oxygens (including phenoxy) is 1. The number of nitrogens with one attached hydrogen (secondary N) is 1. The SMILES string of the molecule is CN[C@H]1CCOC[C@H]1Cc1ccccc1C#N. The molecule has 1 N–H and O–H groups in total. The topological polar surface area (TPSA) is 45.0 Å². The molecule has 0 aliphatic carbocycles. The first-order valence-electron chi connectivity index (χ1n) is 6.08. The summed E-state index contributed by atoms with van der Waals surface area (Å²) in [5, 5.41) is 12.4. The predicted octanol–water partition coefficient (Wildman–Crippen LogP) is 1.73. The van der Waals surface area contributed by atoms with Crippen LogP contribution >= 0.6 is 0 Å². The van der Waals surface area contributed by atoms with Crippen LogP contribution in [0, 0.1) is 17.2 Å². The molecule has 0 unspecified atom stereocenters. The molecular weight excluding hydrogens is 212 g/mol. The molecule has 0 radical (unpaired) electrons.